The number of nitro benzene ring substituents is 1. The number of nitrogens with one attached hydrogen (secondary N) is 1. The minimum absolute atomic E-state index is 0.167. The summed E-state index contributed by atoms with van der Waals surface area (Å²) in [6, 6.07) is 5.88. The fourth-order valence-electron chi connectivity index (χ4n) is 1.84. The Balaban J connectivity index is 2.15. The highest BCUT2D eigenvalue weighted by atomic mass is 16.6. The molecule has 1 heterocycles. The molecule has 1 aromatic rings. The van der Waals surface area contributed by atoms with Crippen LogP contribution in [-0.4, -0.2) is 51.4 Å². The van der Waals surface area contributed by atoms with Gasteiger partial charge in [-0.2, -0.15) is 0 Å². The molecule has 104 valence electrons. The predicted octanol–water partition coefficient (Wildman–Crippen LogP) is -0.554. The van der Waals surface area contributed by atoms with E-state index in [0.717, 1.165) is 0 Å². The van der Waals surface area contributed by atoms with E-state index in [-0.39, 0.29) is 18.0 Å². The number of aliphatic hydroxyl groups excluding tert-OH is 3. The predicted molar refractivity (Wildman–Crippen MR) is 64.5 cm³/mol. The molecule has 0 aromatic heterocycles. The van der Waals surface area contributed by atoms with Gasteiger partial charge in [-0.15, -0.1) is 0 Å². The van der Waals surface area contributed by atoms with Crippen molar-refractivity contribution in [2.75, 3.05) is 11.9 Å². The second-order valence-corrected chi connectivity index (χ2v) is 4.22. The molecule has 4 atom stereocenters. The highest BCUT2D eigenvalue weighted by molar-refractivity contribution is 5.61. The van der Waals surface area contributed by atoms with Crippen molar-refractivity contribution in [3.8, 4) is 0 Å². The van der Waals surface area contributed by atoms with Crippen molar-refractivity contribution in [1.82, 2.24) is 0 Å². The number of benzene rings is 1. The van der Waals surface area contributed by atoms with Crippen LogP contribution in [0.1, 0.15) is 0 Å². The summed E-state index contributed by atoms with van der Waals surface area (Å²) < 4.78 is 5.12. The zero-order valence-electron chi connectivity index (χ0n) is 9.84. The van der Waals surface area contributed by atoms with E-state index >= 15 is 0 Å². The normalized spacial score (nSPS) is 30.9. The Kier molecular flexibility index (Phi) is 3.96. The van der Waals surface area contributed by atoms with E-state index in [9.17, 15) is 25.4 Å². The number of para-hydroxylation sites is 2. The van der Waals surface area contributed by atoms with Gasteiger partial charge in [0.25, 0.3) is 5.69 Å². The quantitative estimate of drug-likeness (QED) is 0.428. The molecule has 1 aliphatic rings. The van der Waals surface area contributed by atoms with E-state index < -0.39 is 29.5 Å². The smallest absolute Gasteiger partial charge is 0.292 e. The van der Waals surface area contributed by atoms with E-state index in [4.69, 9.17) is 4.74 Å². The molecule has 0 aliphatic carbocycles. The second kappa shape index (κ2) is 5.49. The number of hydrogen-bond acceptors (Lipinski definition) is 7. The summed E-state index contributed by atoms with van der Waals surface area (Å²) in [5.74, 6) is 0. The SMILES string of the molecule is O=[N+]([O-])c1ccccc1N[C@@H]1OC[C@H](O)[C@H](O)[C@H]1O. The van der Waals surface area contributed by atoms with Gasteiger partial charge in [-0.25, -0.2) is 0 Å². The lowest BCUT2D eigenvalue weighted by atomic mass is 10.0. The molecule has 0 saturated carbocycles. The zero-order chi connectivity index (χ0) is 14.0. The minimum Gasteiger partial charge on any atom is -0.388 e. The molecule has 0 unspecified atom stereocenters. The molecule has 0 amide bonds. The van der Waals surface area contributed by atoms with Gasteiger partial charge in [-0.05, 0) is 6.07 Å². The van der Waals surface area contributed by atoms with Crippen molar-refractivity contribution in [1.29, 1.82) is 0 Å². The molecule has 2 rings (SSSR count). The molecule has 0 bridgehead atoms. The summed E-state index contributed by atoms with van der Waals surface area (Å²) in [6.45, 7) is -0.170. The van der Waals surface area contributed by atoms with Crippen molar-refractivity contribution >= 4 is 11.4 Å². The summed E-state index contributed by atoms with van der Waals surface area (Å²) in [7, 11) is 0. The Morgan fingerprint density at radius 2 is 1.95 bits per heavy atom. The first kappa shape index (κ1) is 13.7. The Bertz CT molecular complexity index is 468. The number of ether oxygens (including phenoxy) is 1. The molecule has 1 saturated heterocycles. The lowest BCUT2D eigenvalue weighted by molar-refractivity contribution is -0.384. The molecule has 8 heteroatoms. The van der Waals surface area contributed by atoms with Crippen molar-refractivity contribution < 1.29 is 25.0 Å². The van der Waals surface area contributed by atoms with Gasteiger partial charge in [-0.3, -0.25) is 10.1 Å². The van der Waals surface area contributed by atoms with Crippen LogP contribution in [0.4, 0.5) is 11.4 Å². The fourth-order valence-corrected chi connectivity index (χ4v) is 1.84. The van der Waals surface area contributed by atoms with Gasteiger partial charge >= 0.3 is 0 Å². The van der Waals surface area contributed by atoms with Crippen LogP contribution in [0, 0.1) is 10.1 Å². The standard InChI is InChI=1S/C11H14N2O6/c14-8-5-19-11(10(16)9(8)15)12-6-3-1-2-4-7(6)13(17)18/h1-4,8-12,14-16H,5H2/t8-,9-,10+,11+/m0/s1. The van der Waals surface area contributed by atoms with E-state index in [1.807, 2.05) is 0 Å². The van der Waals surface area contributed by atoms with E-state index in [0.29, 0.717) is 0 Å². The third-order valence-electron chi connectivity index (χ3n) is 2.90. The van der Waals surface area contributed by atoms with Gasteiger partial charge in [0.15, 0.2) is 6.23 Å². The summed E-state index contributed by atoms with van der Waals surface area (Å²) >= 11 is 0. The average molecular weight is 270 g/mol. The van der Waals surface area contributed by atoms with Gasteiger partial charge in [0.1, 0.15) is 24.0 Å². The van der Waals surface area contributed by atoms with Crippen LogP contribution in [0.25, 0.3) is 0 Å². The Morgan fingerprint density at radius 3 is 2.63 bits per heavy atom. The lowest BCUT2D eigenvalue weighted by Crippen LogP contribution is -2.55. The van der Waals surface area contributed by atoms with Gasteiger partial charge in [0.2, 0.25) is 0 Å². The first-order valence-corrected chi connectivity index (χ1v) is 5.66. The molecule has 0 radical (unpaired) electrons. The second-order valence-electron chi connectivity index (χ2n) is 4.22. The number of aliphatic hydroxyl groups is 3. The molecule has 0 spiro atoms. The average Bonchev–Trinajstić information content (AvgIpc) is 2.40. The minimum atomic E-state index is -1.39. The highest BCUT2D eigenvalue weighted by Crippen LogP contribution is 2.26. The third-order valence-corrected chi connectivity index (χ3v) is 2.90. The Morgan fingerprint density at radius 1 is 1.26 bits per heavy atom. The summed E-state index contributed by atoms with van der Waals surface area (Å²) in [4.78, 5) is 10.3. The first-order chi connectivity index (χ1) is 9.00. The third kappa shape index (κ3) is 2.82. The van der Waals surface area contributed by atoms with Crippen LogP contribution in [0.2, 0.25) is 0 Å². The number of nitrogens with zero attached hydrogens (tertiary/aromatic N) is 1. The monoisotopic (exact) mass is 270 g/mol. The largest absolute Gasteiger partial charge is 0.388 e. The first-order valence-electron chi connectivity index (χ1n) is 5.66. The molecule has 4 N–H and O–H groups in total. The number of anilines is 1. The van der Waals surface area contributed by atoms with Crippen molar-refractivity contribution in [2.24, 2.45) is 0 Å². The van der Waals surface area contributed by atoms with E-state index in [1.54, 1.807) is 6.07 Å². The maximum Gasteiger partial charge on any atom is 0.292 e. The maximum absolute atomic E-state index is 10.8. The number of nitro groups is 1. The van der Waals surface area contributed by atoms with Crippen LogP contribution >= 0.6 is 0 Å². The zero-order valence-corrected chi connectivity index (χ0v) is 9.84. The summed E-state index contributed by atoms with van der Waals surface area (Å²) in [6.07, 6.45) is -4.96. The van der Waals surface area contributed by atoms with Gasteiger partial charge in [0.05, 0.1) is 11.5 Å². The van der Waals surface area contributed by atoms with Crippen molar-refractivity contribution in [2.45, 2.75) is 24.5 Å². The molecule has 1 aliphatic heterocycles. The van der Waals surface area contributed by atoms with Crippen LogP contribution in [-0.2, 0) is 4.74 Å². The van der Waals surface area contributed by atoms with E-state index in [2.05, 4.69) is 5.32 Å². The van der Waals surface area contributed by atoms with Crippen LogP contribution in [0.5, 0.6) is 0 Å². The Labute approximate surface area is 108 Å². The highest BCUT2D eigenvalue weighted by Gasteiger charge is 2.38. The molecular weight excluding hydrogens is 256 g/mol. The van der Waals surface area contributed by atoms with Gasteiger partial charge in [-0.1, -0.05) is 12.1 Å². The lowest BCUT2D eigenvalue weighted by Gasteiger charge is -2.35. The molecular formula is C11H14N2O6. The fraction of sp³-hybridized carbons (Fsp3) is 0.455. The van der Waals surface area contributed by atoms with Crippen molar-refractivity contribution in [3.05, 3.63) is 34.4 Å². The van der Waals surface area contributed by atoms with Crippen molar-refractivity contribution in [3.63, 3.8) is 0 Å². The van der Waals surface area contributed by atoms with Crippen LogP contribution < -0.4 is 5.32 Å². The van der Waals surface area contributed by atoms with Crippen LogP contribution in [0.15, 0.2) is 24.3 Å². The summed E-state index contributed by atoms with van der Waals surface area (Å²) in [5, 5.41) is 42.0. The maximum atomic E-state index is 10.8. The number of hydrogen-bond donors (Lipinski definition) is 4. The molecule has 19 heavy (non-hydrogen) atoms. The van der Waals surface area contributed by atoms with Gasteiger partial charge in [0, 0.05) is 6.07 Å². The Hall–Kier alpha value is -1.74. The van der Waals surface area contributed by atoms with Gasteiger partial charge < -0.3 is 25.4 Å². The summed E-state index contributed by atoms with van der Waals surface area (Å²) in [5.41, 5.74) is -0.000878. The van der Waals surface area contributed by atoms with E-state index in [1.165, 1.54) is 18.2 Å². The molecule has 8 nitrogen and oxygen atoms in total. The van der Waals surface area contributed by atoms with Crippen LogP contribution in [0.3, 0.4) is 0 Å². The number of rotatable bonds is 3. The molecule has 1 fully saturated rings. The topological polar surface area (TPSA) is 125 Å². The molecule has 1 aromatic carbocycles.